The predicted molar refractivity (Wildman–Crippen MR) is 250 cm³/mol. The molecule has 0 N–H and O–H groups in total. The summed E-state index contributed by atoms with van der Waals surface area (Å²) in [4.78, 5) is 5.26. The second kappa shape index (κ2) is 11.6. The summed E-state index contributed by atoms with van der Waals surface area (Å²) in [6.07, 6.45) is 7.00. The van der Waals surface area contributed by atoms with Crippen LogP contribution in [0.5, 0.6) is 0 Å². The molecule has 4 bridgehead atoms. The first-order chi connectivity index (χ1) is 29.4. The second-order valence-corrected chi connectivity index (χ2v) is 20.1. The minimum absolute atomic E-state index is 0.0131. The number of rotatable bonds is 2. The van der Waals surface area contributed by atoms with E-state index < -0.39 is 0 Å². The number of fused-ring (bicyclic) bond motifs is 9. The van der Waals surface area contributed by atoms with E-state index in [2.05, 4.69) is 170 Å². The summed E-state index contributed by atoms with van der Waals surface area (Å²) in [5.74, 6) is 3.23. The Balaban J connectivity index is 0.987. The Labute approximate surface area is 352 Å². The van der Waals surface area contributed by atoms with Gasteiger partial charge in [-0.15, -0.1) is 0 Å². The first kappa shape index (κ1) is 33.8. The molecule has 1 spiro atoms. The van der Waals surface area contributed by atoms with E-state index in [9.17, 15) is 0 Å². The monoisotopic (exact) mass is 774 g/mol. The molecule has 290 valence electrons. The molecule has 8 aromatic rings. The quantitative estimate of drug-likeness (QED) is 0.163. The van der Waals surface area contributed by atoms with Gasteiger partial charge in [0.15, 0.2) is 0 Å². The Hall–Kier alpha value is -6.00. The smallest absolute Gasteiger partial charge is 0.252 e. The van der Waals surface area contributed by atoms with Gasteiger partial charge in [-0.3, -0.25) is 0 Å². The highest BCUT2D eigenvalue weighted by molar-refractivity contribution is 7.00. The largest absolute Gasteiger partial charge is 0.455 e. The van der Waals surface area contributed by atoms with Gasteiger partial charge in [-0.2, -0.15) is 0 Å². The van der Waals surface area contributed by atoms with Crippen LogP contribution in [0.25, 0.3) is 33.1 Å². The minimum Gasteiger partial charge on any atom is -0.455 e. The summed E-state index contributed by atoms with van der Waals surface area (Å²) in [5.41, 5.74) is 21.0. The lowest BCUT2D eigenvalue weighted by Crippen LogP contribution is -2.64. The molecule has 4 heterocycles. The van der Waals surface area contributed by atoms with E-state index in [4.69, 9.17) is 4.42 Å². The van der Waals surface area contributed by atoms with Crippen molar-refractivity contribution in [3.63, 3.8) is 0 Å². The number of hydrogen-bond donors (Lipinski definition) is 0. The van der Waals surface area contributed by atoms with E-state index in [1.807, 2.05) is 6.07 Å². The van der Waals surface area contributed by atoms with Gasteiger partial charge >= 0.3 is 0 Å². The SMILES string of the molecule is CC(C)(C)c1ccc2c(c1)B1c3cccc4c3N(c3ccccc3C43C4CC5CC(C4)CC3C5)c3cccc(c31)N2c1ccc(-c2cccc3c2oc2ccccc23)cc1. The van der Waals surface area contributed by atoms with Gasteiger partial charge in [-0.05, 0) is 142 Å². The maximum Gasteiger partial charge on any atom is 0.252 e. The van der Waals surface area contributed by atoms with E-state index in [0.29, 0.717) is 11.8 Å². The second-order valence-electron chi connectivity index (χ2n) is 20.1. The molecule has 0 saturated heterocycles. The van der Waals surface area contributed by atoms with Gasteiger partial charge in [0.25, 0.3) is 6.71 Å². The number of furan rings is 1. The van der Waals surface area contributed by atoms with Gasteiger partial charge < -0.3 is 14.2 Å². The molecule has 7 aromatic carbocycles. The highest BCUT2D eigenvalue weighted by Gasteiger charge is 2.62. The van der Waals surface area contributed by atoms with Crippen LogP contribution in [0.2, 0.25) is 0 Å². The minimum atomic E-state index is 0.0131. The zero-order valence-electron chi connectivity index (χ0n) is 34.6. The molecular formula is C56H47BN2O. The van der Waals surface area contributed by atoms with Crippen LogP contribution in [0.4, 0.5) is 34.1 Å². The fraction of sp³-hybridized carbons (Fsp3) is 0.250. The summed E-state index contributed by atoms with van der Waals surface area (Å²) in [6.45, 7) is 7.20. The van der Waals surface area contributed by atoms with Gasteiger partial charge in [0.2, 0.25) is 0 Å². The predicted octanol–water partition coefficient (Wildman–Crippen LogP) is 12.7. The molecule has 4 heteroatoms. The normalized spacial score (nSPS) is 23.9. The van der Waals surface area contributed by atoms with Crippen molar-refractivity contribution in [1.82, 2.24) is 0 Å². The van der Waals surface area contributed by atoms with Crippen molar-refractivity contribution >= 4 is 79.2 Å². The van der Waals surface area contributed by atoms with E-state index in [-0.39, 0.29) is 17.5 Å². The summed E-state index contributed by atoms with van der Waals surface area (Å²) >= 11 is 0. The lowest BCUT2D eigenvalue weighted by molar-refractivity contribution is -0.0419. The van der Waals surface area contributed by atoms with E-state index >= 15 is 0 Å². The number of hydrogen-bond acceptors (Lipinski definition) is 3. The maximum absolute atomic E-state index is 6.50. The Morgan fingerprint density at radius 1 is 0.567 bits per heavy atom. The highest BCUT2D eigenvalue weighted by atomic mass is 16.3. The van der Waals surface area contributed by atoms with Crippen molar-refractivity contribution in [2.45, 2.75) is 63.7 Å². The van der Waals surface area contributed by atoms with Crippen LogP contribution in [0.1, 0.15) is 69.6 Å². The molecule has 4 aliphatic carbocycles. The molecule has 4 saturated carbocycles. The van der Waals surface area contributed by atoms with Crippen LogP contribution in [-0.4, -0.2) is 6.71 Å². The van der Waals surface area contributed by atoms with Crippen LogP contribution >= 0.6 is 0 Å². The molecule has 3 aliphatic heterocycles. The topological polar surface area (TPSA) is 19.6 Å². The Bertz CT molecular complexity index is 3100. The molecule has 0 amide bonds. The molecule has 0 atom stereocenters. The van der Waals surface area contributed by atoms with E-state index in [0.717, 1.165) is 44.9 Å². The van der Waals surface area contributed by atoms with Crippen LogP contribution < -0.4 is 26.2 Å². The molecule has 1 aromatic heterocycles. The lowest BCUT2D eigenvalue weighted by Gasteiger charge is -2.64. The van der Waals surface area contributed by atoms with Crippen LogP contribution in [0.3, 0.4) is 0 Å². The van der Waals surface area contributed by atoms with Gasteiger partial charge in [0, 0.05) is 50.2 Å². The molecular weight excluding hydrogens is 727 g/mol. The number of benzene rings is 7. The fourth-order valence-electron chi connectivity index (χ4n) is 14.1. The molecule has 4 fully saturated rings. The van der Waals surface area contributed by atoms with Crippen molar-refractivity contribution < 1.29 is 4.42 Å². The van der Waals surface area contributed by atoms with Gasteiger partial charge in [-0.1, -0.05) is 124 Å². The van der Waals surface area contributed by atoms with Gasteiger partial charge in [-0.25, -0.2) is 0 Å². The molecule has 0 unspecified atom stereocenters. The third-order valence-corrected chi connectivity index (χ3v) is 16.2. The molecule has 0 radical (unpaired) electrons. The van der Waals surface area contributed by atoms with Crippen molar-refractivity contribution in [3.8, 4) is 11.1 Å². The summed E-state index contributed by atoms with van der Waals surface area (Å²) < 4.78 is 6.50. The van der Waals surface area contributed by atoms with Crippen molar-refractivity contribution in [3.05, 3.63) is 162 Å². The molecule has 60 heavy (non-hydrogen) atoms. The third-order valence-electron chi connectivity index (χ3n) is 16.2. The maximum atomic E-state index is 6.50. The Kier molecular flexibility index (Phi) is 6.55. The molecule has 3 nitrogen and oxygen atoms in total. The summed E-state index contributed by atoms with van der Waals surface area (Å²) in [5, 5.41) is 2.32. The highest BCUT2D eigenvalue weighted by Crippen LogP contribution is 2.69. The Morgan fingerprint density at radius 2 is 1.23 bits per heavy atom. The summed E-state index contributed by atoms with van der Waals surface area (Å²) in [7, 11) is 0. The number of para-hydroxylation sites is 4. The first-order valence-electron chi connectivity index (χ1n) is 22.5. The van der Waals surface area contributed by atoms with Crippen molar-refractivity contribution in [2.75, 3.05) is 9.80 Å². The number of nitrogens with zero attached hydrogens (tertiary/aromatic N) is 2. The first-order valence-corrected chi connectivity index (χ1v) is 22.5. The van der Waals surface area contributed by atoms with E-state index in [1.165, 1.54) is 88.2 Å². The Morgan fingerprint density at radius 3 is 2.03 bits per heavy atom. The zero-order valence-corrected chi connectivity index (χ0v) is 34.6. The van der Waals surface area contributed by atoms with Crippen LogP contribution in [0.15, 0.2) is 150 Å². The third kappa shape index (κ3) is 4.22. The van der Waals surface area contributed by atoms with Gasteiger partial charge in [0.1, 0.15) is 11.2 Å². The van der Waals surface area contributed by atoms with Crippen molar-refractivity contribution in [1.29, 1.82) is 0 Å². The van der Waals surface area contributed by atoms with Crippen molar-refractivity contribution in [2.24, 2.45) is 23.7 Å². The lowest BCUT2D eigenvalue weighted by atomic mass is 9.32. The zero-order chi connectivity index (χ0) is 39.6. The fourth-order valence-corrected chi connectivity index (χ4v) is 14.1. The molecule has 7 aliphatic rings. The molecule has 15 rings (SSSR count). The number of anilines is 6. The van der Waals surface area contributed by atoms with Gasteiger partial charge in [0.05, 0.1) is 5.69 Å². The summed E-state index contributed by atoms with van der Waals surface area (Å²) in [6, 6.07) is 55.7. The van der Waals surface area contributed by atoms with Crippen LogP contribution in [0, 0.1) is 23.7 Å². The van der Waals surface area contributed by atoms with E-state index in [1.54, 1.807) is 11.1 Å². The average Bonchev–Trinajstić information content (AvgIpc) is 3.65. The average molecular weight is 775 g/mol. The van der Waals surface area contributed by atoms with Crippen LogP contribution in [-0.2, 0) is 10.8 Å². The standard InChI is InChI=1S/C56H47BN2O/c1-55(2,3)36-23-26-48-46(32-36)57-45-16-9-15-44-53(45)59(47-17-6-5-14-43(47)56(44)37-28-33-27-34(30-37)31-38(56)29-33)50-19-10-18-49(52(50)57)58(48)39-24-21-35(22-25-39)40-12-8-13-42-41-11-4-7-20-51(41)60-54(40)42/h4-26,32-34,37-38H,27-31H2,1-3H3.